The molecule has 0 heterocycles. The first kappa shape index (κ1) is 42.3. The number of rotatable bonds is 6. The molecule has 14 rings (SSSR count). The lowest BCUT2D eigenvalue weighted by molar-refractivity contribution is 0.660. The highest BCUT2D eigenvalue weighted by Gasteiger charge is 2.37. The molecule has 0 aromatic heterocycles. The number of benzene rings is 12. The molecule has 0 amide bonds. The molecule has 0 nitrogen and oxygen atoms in total. The second kappa shape index (κ2) is 16.0. The van der Waals surface area contributed by atoms with Crippen LogP contribution in [0.5, 0.6) is 0 Å². The number of hydrogen-bond donors (Lipinski definition) is 0. The van der Waals surface area contributed by atoms with Crippen LogP contribution in [-0.4, -0.2) is 0 Å². The minimum absolute atomic E-state index is 0.168. The lowest BCUT2D eigenvalue weighted by Crippen LogP contribution is -2.15. The van der Waals surface area contributed by atoms with E-state index in [1.165, 1.54) is 144 Å². The monoisotopic (exact) mass is 916 g/mol. The summed E-state index contributed by atoms with van der Waals surface area (Å²) in [5.41, 5.74) is 25.2. The summed E-state index contributed by atoms with van der Waals surface area (Å²) in [7, 11) is 0. The van der Waals surface area contributed by atoms with E-state index in [0.717, 1.165) is 0 Å². The van der Waals surface area contributed by atoms with Crippen LogP contribution in [0.3, 0.4) is 0 Å². The molecule has 72 heavy (non-hydrogen) atoms. The first-order valence-corrected chi connectivity index (χ1v) is 25.5. The molecule has 2 aliphatic rings. The first-order chi connectivity index (χ1) is 35.2. The Hall–Kier alpha value is -8.58. The van der Waals surface area contributed by atoms with Crippen LogP contribution in [0.25, 0.3) is 121 Å². The fourth-order valence-corrected chi connectivity index (χ4v) is 12.8. The maximum Gasteiger partial charge on any atom is 0.0159 e. The average molecular weight is 917 g/mol. The number of hydrogen-bond acceptors (Lipinski definition) is 0. The molecule has 340 valence electrons. The molecule has 12 aromatic carbocycles. The van der Waals surface area contributed by atoms with Gasteiger partial charge in [-0.3, -0.25) is 0 Å². The normalized spacial score (nSPS) is 13.8. The van der Waals surface area contributed by atoms with Crippen molar-refractivity contribution in [1.82, 2.24) is 0 Å². The topological polar surface area (TPSA) is 0 Å². The average Bonchev–Trinajstić information content (AvgIpc) is 3.81. The Balaban J connectivity index is 1.10. The van der Waals surface area contributed by atoms with Gasteiger partial charge in [0.25, 0.3) is 0 Å². The quantitative estimate of drug-likeness (QED) is 0.146. The molecule has 0 fully saturated rings. The molecule has 2 aliphatic carbocycles. The number of fused-ring (bicyclic) bond motifs is 10. The van der Waals surface area contributed by atoms with E-state index < -0.39 is 0 Å². The largest absolute Gasteiger partial charge is 0.0622 e. The highest BCUT2D eigenvalue weighted by molar-refractivity contribution is 6.23. The summed E-state index contributed by atoms with van der Waals surface area (Å²) in [5, 5.41) is 7.46. The van der Waals surface area contributed by atoms with Crippen LogP contribution in [0.2, 0.25) is 0 Å². The zero-order chi connectivity index (χ0) is 48.3. The summed E-state index contributed by atoms with van der Waals surface area (Å²) in [5.74, 6) is 0. The van der Waals surface area contributed by atoms with Crippen molar-refractivity contribution in [2.45, 2.75) is 38.5 Å². The predicted octanol–water partition coefficient (Wildman–Crippen LogP) is 19.8. The van der Waals surface area contributed by atoms with Crippen molar-refractivity contribution in [1.29, 1.82) is 0 Å². The summed E-state index contributed by atoms with van der Waals surface area (Å²) in [6.07, 6.45) is 0. The highest BCUT2D eigenvalue weighted by atomic mass is 14.4. The van der Waals surface area contributed by atoms with Crippen LogP contribution >= 0.6 is 0 Å². The van der Waals surface area contributed by atoms with Gasteiger partial charge in [0.05, 0.1) is 0 Å². The molecule has 0 radical (unpaired) electrons. The minimum Gasteiger partial charge on any atom is -0.0622 e. The van der Waals surface area contributed by atoms with E-state index in [4.69, 9.17) is 0 Å². The van der Waals surface area contributed by atoms with E-state index in [1.54, 1.807) is 0 Å². The van der Waals surface area contributed by atoms with Gasteiger partial charge in [-0.1, -0.05) is 228 Å². The maximum absolute atomic E-state index is 2.54. The van der Waals surface area contributed by atoms with E-state index in [0.29, 0.717) is 0 Å². The third kappa shape index (κ3) is 6.45. The zero-order valence-corrected chi connectivity index (χ0v) is 41.1. The van der Waals surface area contributed by atoms with Crippen molar-refractivity contribution >= 4 is 32.3 Å². The Morgan fingerprint density at radius 3 is 1.15 bits per heavy atom. The van der Waals surface area contributed by atoms with Gasteiger partial charge in [-0.25, -0.2) is 0 Å². The summed E-state index contributed by atoms with van der Waals surface area (Å²) in [4.78, 5) is 0. The van der Waals surface area contributed by atoms with Gasteiger partial charge in [0.1, 0.15) is 0 Å². The molecular weight excluding hydrogens is 865 g/mol. The molecular formula is C72H52. The van der Waals surface area contributed by atoms with Gasteiger partial charge < -0.3 is 0 Å². The van der Waals surface area contributed by atoms with Crippen molar-refractivity contribution < 1.29 is 0 Å². The van der Waals surface area contributed by atoms with Crippen LogP contribution < -0.4 is 0 Å². The zero-order valence-electron chi connectivity index (χ0n) is 41.1. The molecule has 0 aliphatic heterocycles. The van der Waals surface area contributed by atoms with E-state index >= 15 is 0 Å². The first-order valence-electron chi connectivity index (χ1n) is 25.5. The summed E-state index contributed by atoms with van der Waals surface area (Å²) in [6, 6.07) is 91.6. The molecule has 0 unspecified atom stereocenters. The van der Waals surface area contributed by atoms with Gasteiger partial charge >= 0.3 is 0 Å². The van der Waals surface area contributed by atoms with Gasteiger partial charge in [-0.15, -0.1) is 0 Å². The lowest BCUT2D eigenvalue weighted by atomic mass is 9.78. The Bertz CT molecular complexity index is 4190. The fourth-order valence-electron chi connectivity index (χ4n) is 12.8. The van der Waals surface area contributed by atoms with Gasteiger partial charge in [0.2, 0.25) is 0 Å². The Kier molecular flexibility index (Phi) is 9.39. The van der Waals surface area contributed by atoms with Crippen molar-refractivity contribution in [3.05, 3.63) is 265 Å². The smallest absolute Gasteiger partial charge is 0.0159 e. The molecule has 0 heteroatoms. The van der Waals surface area contributed by atoms with E-state index in [9.17, 15) is 0 Å². The highest BCUT2D eigenvalue weighted by Crippen LogP contribution is 2.55. The van der Waals surface area contributed by atoms with Crippen molar-refractivity contribution in [2.75, 3.05) is 0 Å². The Labute approximate surface area is 422 Å². The third-order valence-corrected chi connectivity index (χ3v) is 16.4. The summed E-state index contributed by atoms with van der Waals surface area (Å²) < 4.78 is 0. The SMILES string of the molecule is CC1(C)c2ccccc2-c2ccc(-c3c(-c4ccc5c(c4)C(C)(C)c4ccccc4-5)c4cc(-c5cc6ccccc6cc5-c5ccccc5)ccc4c4ccc(-c5cccc(-c6ccccc6)c5)cc34)cc21. The van der Waals surface area contributed by atoms with Gasteiger partial charge in [0, 0.05) is 10.8 Å². The van der Waals surface area contributed by atoms with E-state index in [2.05, 4.69) is 270 Å². The minimum atomic E-state index is -0.171. The Morgan fingerprint density at radius 1 is 0.208 bits per heavy atom. The molecule has 0 saturated heterocycles. The standard InChI is InChI=1S/C72H52/c1-71(2)65-28-15-13-26-57(65)59-36-32-53(43-67(59)71)69-63-41-51(48-25-17-24-47(38-48)45-18-7-5-8-19-45)30-34-55(63)56-35-31-52(62-40-50-23-12-11-22-49(50)39-61(62)46-20-9-6-10-21-46)42-64(56)70(69)54-33-37-60-58-27-14-16-29-66(58)72(3,4)68(60)44-54/h5-44H,1-4H3. The van der Waals surface area contributed by atoms with Crippen LogP contribution in [0.4, 0.5) is 0 Å². The van der Waals surface area contributed by atoms with E-state index in [-0.39, 0.29) is 10.8 Å². The van der Waals surface area contributed by atoms with Gasteiger partial charge in [-0.05, 0) is 186 Å². The van der Waals surface area contributed by atoms with E-state index in [1.807, 2.05) is 0 Å². The van der Waals surface area contributed by atoms with Crippen molar-refractivity contribution in [2.24, 2.45) is 0 Å². The van der Waals surface area contributed by atoms with Crippen molar-refractivity contribution in [3.63, 3.8) is 0 Å². The van der Waals surface area contributed by atoms with Crippen LogP contribution in [0.1, 0.15) is 49.9 Å². The second-order valence-electron chi connectivity index (χ2n) is 21.2. The van der Waals surface area contributed by atoms with Crippen LogP contribution in [-0.2, 0) is 10.8 Å². The fraction of sp³-hybridized carbons (Fsp3) is 0.0833. The molecule has 0 N–H and O–H groups in total. The molecule has 0 spiro atoms. The maximum atomic E-state index is 2.54. The van der Waals surface area contributed by atoms with Crippen LogP contribution in [0, 0.1) is 0 Å². The summed E-state index contributed by atoms with van der Waals surface area (Å²) in [6.45, 7) is 9.61. The van der Waals surface area contributed by atoms with Crippen LogP contribution in [0.15, 0.2) is 243 Å². The Morgan fingerprint density at radius 2 is 0.597 bits per heavy atom. The van der Waals surface area contributed by atoms with Crippen molar-refractivity contribution in [3.8, 4) is 89.0 Å². The lowest BCUT2D eigenvalue weighted by Gasteiger charge is -2.25. The van der Waals surface area contributed by atoms with Gasteiger partial charge in [0.15, 0.2) is 0 Å². The second-order valence-corrected chi connectivity index (χ2v) is 21.2. The van der Waals surface area contributed by atoms with Gasteiger partial charge in [-0.2, -0.15) is 0 Å². The molecule has 0 atom stereocenters. The predicted molar refractivity (Wildman–Crippen MR) is 307 cm³/mol. The molecule has 0 bridgehead atoms. The molecule has 0 saturated carbocycles. The molecule has 12 aromatic rings. The summed E-state index contributed by atoms with van der Waals surface area (Å²) >= 11 is 0. The third-order valence-electron chi connectivity index (χ3n) is 16.4.